The molecule has 204 valence electrons. The number of ether oxygens (including phenoxy) is 1. The van der Waals surface area contributed by atoms with E-state index in [1.807, 2.05) is 0 Å². The third-order valence-electron chi connectivity index (χ3n) is 6.43. The number of hydrogen-bond donors (Lipinski definition) is 1. The number of aliphatic carboxylic acids is 1. The Hall–Kier alpha value is -1.58. The molecular formula is C31H56O4. The summed E-state index contributed by atoms with van der Waals surface area (Å²) >= 11 is 0. The second-order valence-electron chi connectivity index (χ2n) is 9.94. The Kier molecular flexibility index (Phi) is 25.8. The van der Waals surface area contributed by atoms with E-state index < -0.39 is 5.97 Å². The van der Waals surface area contributed by atoms with Crippen molar-refractivity contribution in [2.45, 2.75) is 161 Å². The summed E-state index contributed by atoms with van der Waals surface area (Å²) in [5.74, 6) is -0.755. The van der Waals surface area contributed by atoms with E-state index in [1.54, 1.807) is 0 Å². The van der Waals surface area contributed by atoms with Gasteiger partial charge in [-0.05, 0) is 70.6 Å². The number of allylic oxidation sites excluding steroid dienone is 4. The lowest BCUT2D eigenvalue weighted by Crippen LogP contribution is -2.18. The van der Waals surface area contributed by atoms with Crippen LogP contribution in [0.1, 0.15) is 155 Å². The topological polar surface area (TPSA) is 63.6 Å². The summed E-state index contributed by atoms with van der Waals surface area (Å²) in [6, 6.07) is 0. The summed E-state index contributed by atoms with van der Waals surface area (Å²) in [4.78, 5) is 22.7. The molecule has 1 N–H and O–H groups in total. The van der Waals surface area contributed by atoms with Crippen LogP contribution in [0.5, 0.6) is 0 Å². The summed E-state index contributed by atoms with van der Waals surface area (Å²) in [5, 5.41) is 8.71. The molecule has 0 saturated carbocycles. The minimum absolute atomic E-state index is 0.0426. The minimum atomic E-state index is -0.708. The average Bonchev–Trinajstić information content (AvgIpc) is 2.84. The Labute approximate surface area is 217 Å². The van der Waals surface area contributed by atoms with Crippen LogP contribution >= 0.6 is 0 Å². The van der Waals surface area contributed by atoms with Crippen molar-refractivity contribution in [2.75, 3.05) is 0 Å². The van der Waals surface area contributed by atoms with E-state index >= 15 is 0 Å². The molecule has 4 heteroatoms. The smallest absolute Gasteiger partial charge is 0.306 e. The Morgan fingerprint density at radius 2 is 1.14 bits per heavy atom. The van der Waals surface area contributed by atoms with Gasteiger partial charge in [-0.15, -0.1) is 0 Å². The van der Waals surface area contributed by atoms with Gasteiger partial charge in [-0.25, -0.2) is 0 Å². The van der Waals surface area contributed by atoms with Gasteiger partial charge in [0.15, 0.2) is 0 Å². The van der Waals surface area contributed by atoms with Crippen molar-refractivity contribution in [3.8, 4) is 0 Å². The molecule has 1 atom stereocenters. The zero-order chi connectivity index (χ0) is 25.8. The molecule has 0 heterocycles. The van der Waals surface area contributed by atoms with Crippen molar-refractivity contribution in [2.24, 2.45) is 0 Å². The third kappa shape index (κ3) is 26.9. The minimum Gasteiger partial charge on any atom is -0.481 e. The molecule has 4 nitrogen and oxygen atoms in total. The Morgan fingerprint density at radius 1 is 0.629 bits per heavy atom. The van der Waals surface area contributed by atoms with Gasteiger partial charge in [-0.3, -0.25) is 9.59 Å². The van der Waals surface area contributed by atoms with Gasteiger partial charge in [0.25, 0.3) is 0 Å². The standard InChI is InChI=1S/C31H56O4/c1-3-5-7-8-9-10-11-12-13-14-15-16-17-19-22-25-29(35-31(34)28-6-4-2)26-23-20-18-21-24-27-30(32)33/h11-12,14-15,29H,3-10,13,16-28H2,1-2H3,(H,32,33)/b12-11-,15-14-. The van der Waals surface area contributed by atoms with Gasteiger partial charge in [0, 0.05) is 12.8 Å². The van der Waals surface area contributed by atoms with Crippen molar-refractivity contribution in [1.82, 2.24) is 0 Å². The summed E-state index contributed by atoms with van der Waals surface area (Å²) in [6.45, 7) is 4.35. The molecule has 0 bridgehead atoms. The molecular weight excluding hydrogens is 436 g/mol. The normalized spacial score (nSPS) is 12.5. The van der Waals surface area contributed by atoms with Crippen molar-refractivity contribution in [3.63, 3.8) is 0 Å². The lowest BCUT2D eigenvalue weighted by molar-refractivity contribution is -0.150. The Bertz CT molecular complexity index is 538. The van der Waals surface area contributed by atoms with Crippen LogP contribution < -0.4 is 0 Å². The quantitative estimate of drug-likeness (QED) is 0.0741. The fourth-order valence-corrected chi connectivity index (χ4v) is 4.19. The van der Waals surface area contributed by atoms with Crippen LogP contribution in [0.15, 0.2) is 24.3 Å². The zero-order valence-electron chi connectivity index (χ0n) is 23.1. The first-order chi connectivity index (χ1) is 17.1. The highest BCUT2D eigenvalue weighted by atomic mass is 16.5. The van der Waals surface area contributed by atoms with Crippen LogP contribution in [0, 0.1) is 0 Å². The highest BCUT2D eigenvalue weighted by molar-refractivity contribution is 5.69. The van der Waals surface area contributed by atoms with Crippen molar-refractivity contribution >= 4 is 11.9 Å². The van der Waals surface area contributed by atoms with E-state index in [4.69, 9.17) is 9.84 Å². The van der Waals surface area contributed by atoms with Gasteiger partial charge in [-0.2, -0.15) is 0 Å². The molecule has 0 aromatic heterocycles. The highest BCUT2D eigenvalue weighted by Gasteiger charge is 2.14. The Balaban J connectivity index is 3.93. The fraction of sp³-hybridized carbons (Fsp3) is 0.806. The number of hydrogen-bond acceptors (Lipinski definition) is 3. The maximum Gasteiger partial charge on any atom is 0.306 e. The predicted molar refractivity (Wildman–Crippen MR) is 149 cm³/mol. The van der Waals surface area contributed by atoms with Crippen LogP contribution in [0.25, 0.3) is 0 Å². The zero-order valence-corrected chi connectivity index (χ0v) is 23.1. The van der Waals surface area contributed by atoms with E-state index in [2.05, 4.69) is 38.2 Å². The summed E-state index contributed by atoms with van der Waals surface area (Å²) in [5.41, 5.74) is 0. The van der Waals surface area contributed by atoms with Crippen LogP contribution in [0.3, 0.4) is 0 Å². The first-order valence-electron chi connectivity index (χ1n) is 14.8. The van der Waals surface area contributed by atoms with Crippen LogP contribution in [0.4, 0.5) is 0 Å². The third-order valence-corrected chi connectivity index (χ3v) is 6.43. The molecule has 0 aliphatic rings. The largest absolute Gasteiger partial charge is 0.481 e. The predicted octanol–water partition coefficient (Wildman–Crippen LogP) is 9.72. The summed E-state index contributed by atoms with van der Waals surface area (Å²) < 4.78 is 5.79. The van der Waals surface area contributed by atoms with Gasteiger partial charge in [0.05, 0.1) is 0 Å². The van der Waals surface area contributed by atoms with Crippen molar-refractivity contribution in [3.05, 3.63) is 24.3 Å². The van der Waals surface area contributed by atoms with E-state index in [0.29, 0.717) is 6.42 Å². The molecule has 0 rings (SSSR count). The molecule has 0 aliphatic heterocycles. The first-order valence-corrected chi connectivity index (χ1v) is 14.8. The van der Waals surface area contributed by atoms with E-state index in [9.17, 15) is 9.59 Å². The molecule has 0 amide bonds. The van der Waals surface area contributed by atoms with E-state index in [0.717, 1.165) is 77.0 Å². The van der Waals surface area contributed by atoms with Crippen LogP contribution in [0.2, 0.25) is 0 Å². The number of esters is 1. The monoisotopic (exact) mass is 492 g/mol. The van der Waals surface area contributed by atoms with Crippen LogP contribution in [-0.4, -0.2) is 23.1 Å². The van der Waals surface area contributed by atoms with Gasteiger partial charge in [0.2, 0.25) is 0 Å². The van der Waals surface area contributed by atoms with E-state index in [1.165, 1.54) is 51.4 Å². The molecule has 1 unspecified atom stereocenters. The maximum atomic E-state index is 12.1. The number of carbonyl (C=O) groups is 2. The number of carbonyl (C=O) groups excluding carboxylic acids is 1. The number of unbranched alkanes of at least 4 members (excludes halogenated alkanes) is 13. The van der Waals surface area contributed by atoms with Gasteiger partial charge in [0.1, 0.15) is 6.10 Å². The number of rotatable bonds is 26. The van der Waals surface area contributed by atoms with Gasteiger partial charge >= 0.3 is 11.9 Å². The van der Waals surface area contributed by atoms with E-state index in [-0.39, 0.29) is 18.5 Å². The molecule has 0 saturated heterocycles. The second kappa shape index (κ2) is 27.0. The molecule has 0 aliphatic carbocycles. The second-order valence-corrected chi connectivity index (χ2v) is 9.94. The molecule has 35 heavy (non-hydrogen) atoms. The fourth-order valence-electron chi connectivity index (χ4n) is 4.19. The lowest BCUT2D eigenvalue weighted by atomic mass is 10.0. The average molecular weight is 493 g/mol. The summed E-state index contributed by atoms with van der Waals surface area (Å²) in [6.07, 6.45) is 32.4. The molecule has 0 radical (unpaired) electrons. The highest BCUT2D eigenvalue weighted by Crippen LogP contribution is 2.17. The number of carboxylic acids is 1. The van der Waals surface area contributed by atoms with Crippen molar-refractivity contribution < 1.29 is 19.4 Å². The first kappa shape index (κ1) is 33.4. The summed E-state index contributed by atoms with van der Waals surface area (Å²) in [7, 11) is 0. The molecule has 0 aromatic carbocycles. The lowest BCUT2D eigenvalue weighted by Gasteiger charge is -2.18. The Morgan fingerprint density at radius 3 is 1.74 bits per heavy atom. The number of carboxylic acid groups (broad SMARTS) is 1. The molecule has 0 spiro atoms. The molecule has 0 aromatic rings. The molecule has 0 fully saturated rings. The van der Waals surface area contributed by atoms with Crippen LogP contribution in [-0.2, 0) is 14.3 Å². The maximum absolute atomic E-state index is 12.1. The van der Waals surface area contributed by atoms with Crippen molar-refractivity contribution in [1.29, 1.82) is 0 Å². The van der Waals surface area contributed by atoms with Gasteiger partial charge < -0.3 is 9.84 Å². The van der Waals surface area contributed by atoms with Gasteiger partial charge in [-0.1, -0.05) is 95.9 Å². The SMILES string of the molecule is CCCCCCC/C=C\C/C=C\CCCCCC(CCCCCCCC(=O)O)OC(=O)CCCC.